The predicted molar refractivity (Wildman–Crippen MR) is 56.2 cm³/mol. The van der Waals surface area contributed by atoms with Crippen molar-refractivity contribution in [3.8, 4) is 0 Å². The minimum atomic E-state index is -0.578. The summed E-state index contributed by atoms with van der Waals surface area (Å²) in [4.78, 5) is 11.9. The Bertz CT molecular complexity index is 331. The number of hydrogen-bond acceptors (Lipinski definition) is 3. The first-order valence-electron chi connectivity index (χ1n) is 5.16. The molecule has 1 aromatic rings. The van der Waals surface area contributed by atoms with Gasteiger partial charge in [-0.05, 0) is 30.5 Å². The lowest BCUT2D eigenvalue weighted by atomic mass is 9.99. The summed E-state index contributed by atoms with van der Waals surface area (Å²) in [7, 11) is 0. The highest BCUT2D eigenvalue weighted by atomic mass is 16.5. The fourth-order valence-corrected chi connectivity index (χ4v) is 1.77. The lowest BCUT2D eigenvalue weighted by Crippen LogP contribution is -2.31. The predicted octanol–water partition coefficient (Wildman–Crippen LogP) is 1.23. The summed E-state index contributed by atoms with van der Waals surface area (Å²) in [6.45, 7) is 0.671. The molecule has 1 aliphatic heterocycles. The zero-order valence-electron chi connectivity index (χ0n) is 8.48. The summed E-state index contributed by atoms with van der Waals surface area (Å²) in [5, 5.41) is 0. The van der Waals surface area contributed by atoms with Gasteiger partial charge in [0.15, 0.2) is 5.78 Å². The topological polar surface area (TPSA) is 52.3 Å². The van der Waals surface area contributed by atoms with Crippen molar-refractivity contribution in [2.45, 2.75) is 25.0 Å². The van der Waals surface area contributed by atoms with Gasteiger partial charge < -0.3 is 10.5 Å². The van der Waals surface area contributed by atoms with E-state index in [1.807, 2.05) is 12.1 Å². The van der Waals surface area contributed by atoms with Gasteiger partial charge in [0.05, 0.1) is 6.04 Å². The van der Waals surface area contributed by atoms with Crippen LogP contribution in [0.15, 0.2) is 24.3 Å². The molecule has 0 saturated carbocycles. The second kappa shape index (κ2) is 4.55. The molecular formula is C12H14NO2. The third-order valence-electron chi connectivity index (χ3n) is 2.64. The molecule has 15 heavy (non-hydrogen) atoms. The second-order valence-corrected chi connectivity index (χ2v) is 3.72. The van der Waals surface area contributed by atoms with Crippen molar-refractivity contribution >= 4 is 5.78 Å². The lowest BCUT2D eigenvalue weighted by Gasteiger charge is -2.14. The zero-order valence-corrected chi connectivity index (χ0v) is 8.48. The van der Waals surface area contributed by atoms with Crippen LogP contribution in [0, 0.1) is 6.07 Å². The van der Waals surface area contributed by atoms with Crippen LogP contribution in [0.5, 0.6) is 0 Å². The number of ketones is 1. The first-order valence-corrected chi connectivity index (χ1v) is 5.16. The van der Waals surface area contributed by atoms with Gasteiger partial charge in [-0.2, -0.15) is 0 Å². The summed E-state index contributed by atoms with van der Waals surface area (Å²) in [6, 6.07) is 9.54. The van der Waals surface area contributed by atoms with Crippen molar-refractivity contribution < 1.29 is 9.53 Å². The minimum absolute atomic E-state index is 0.0212. The average molecular weight is 204 g/mol. The molecule has 1 heterocycles. The van der Waals surface area contributed by atoms with E-state index in [1.165, 1.54) is 0 Å². The molecule has 2 N–H and O–H groups in total. The molecule has 1 radical (unpaired) electrons. The minimum Gasteiger partial charge on any atom is -0.370 e. The van der Waals surface area contributed by atoms with Gasteiger partial charge in [0, 0.05) is 6.61 Å². The number of benzene rings is 1. The van der Waals surface area contributed by atoms with Gasteiger partial charge in [-0.25, -0.2) is 0 Å². The molecule has 1 fully saturated rings. The Morgan fingerprint density at radius 3 is 3.13 bits per heavy atom. The number of nitrogens with two attached hydrogens (primary N) is 1. The number of carbonyl (C=O) groups is 1. The number of carbonyl (C=O) groups excluding carboxylic acids is 1. The van der Waals surface area contributed by atoms with Gasteiger partial charge in [-0.1, -0.05) is 18.2 Å². The van der Waals surface area contributed by atoms with Crippen LogP contribution < -0.4 is 5.73 Å². The largest absolute Gasteiger partial charge is 0.370 e. The van der Waals surface area contributed by atoms with Crippen LogP contribution in [-0.4, -0.2) is 18.5 Å². The van der Waals surface area contributed by atoms with E-state index in [9.17, 15) is 4.79 Å². The van der Waals surface area contributed by atoms with Crippen LogP contribution in [-0.2, 0) is 9.53 Å². The summed E-state index contributed by atoms with van der Waals surface area (Å²) >= 11 is 0. The highest BCUT2D eigenvalue weighted by molar-refractivity contribution is 5.89. The molecule has 1 aromatic carbocycles. The molecule has 79 valence electrons. The highest BCUT2D eigenvalue weighted by Gasteiger charge is 2.28. The zero-order chi connectivity index (χ0) is 10.7. The molecular weight excluding hydrogens is 190 g/mol. The average Bonchev–Trinajstić information content (AvgIpc) is 2.82. The van der Waals surface area contributed by atoms with E-state index in [2.05, 4.69) is 6.07 Å². The molecule has 0 aliphatic carbocycles. The maximum atomic E-state index is 11.9. The monoisotopic (exact) mass is 204 g/mol. The van der Waals surface area contributed by atoms with Crippen LogP contribution in [0.3, 0.4) is 0 Å². The fourth-order valence-electron chi connectivity index (χ4n) is 1.77. The van der Waals surface area contributed by atoms with E-state index in [-0.39, 0.29) is 11.9 Å². The highest BCUT2D eigenvalue weighted by Crippen LogP contribution is 2.20. The Morgan fingerprint density at radius 2 is 2.53 bits per heavy atom. The van der Waals surface area contributed by atoms with Gasteiger partial charge in [0.1, 0.15) is 6.10 Å². The van der Waals surface area contributed by atoms with E-state index in [4.69, 9.17) is 10.5 Å². The van der Waals surface area contributed by atoms with Gasteiger partial charge in [-0.15, -0.1) is 0 Å². The molecule has 1 saturated heterocycles. The molecule has 2 atom stereocenters. The van der Waals surface area contributed by atoms with E-state index in [0.29, 0.717) is 6.61 Å². The van der Waals surface area contributed by atoms with Crippen molar-refractivity contribution in [3.05, 3.63) is 35.9 Å². The SMILES string of the molecule is NC(C(=O)C1CCCO1)c1c[c]ccc1. The maximum absolute atomic E-state index is 11.9. The van der Waals surface area contributed by atoms with E-state index >= 15 is 0 Å². The number of Topliss-reactive ketones (excluding diaryl/α,β-unsaturated/α-hetero) is 1. The maximum Gasteiger partial charge on any atom is 0.182 e. The van der Waals surface area contributed by atoms with Crippen molar-refractivity contribution in [1.29, 1.82) is 0 Å². The first kappa shape index (κ1) is 10.3. The first-order chi connectivity index (χ1) is 7.29. The molecule has 2 unspecified atom stereocenters. The van der Waals surface area contributed by atoms with Gasteiger partial charge in [0.25, 0.3) is 0 Å². The van der Waals surface area contributed by atoms with Crippen molar-refractivity contribution in [2.24, 2.45) is 5.73 Å². The van der Waals surface area contributed by atoms with Crippen LogP contribution in [0.1, 0.15) is 24.4 Å². The van der Waals surface area contributed by atoms with Gasteiger partial charge >= 0.3 is 0 Å². The van der Waals surface area contributed by atoms with E-state index in [0.717, 1.165) is 18.4 Å². The normalized spacial score (nSPS) is 22.6. The Kier molecular flexibility index (Phi) is 3.14. The van der Waals surface area contributed by atoms with Crippen molar-refractivity contribution in [3.63, 3.8) is 0 Å². The van der Waals surface area contributed by atoms with Crippen molar-refractivity contribution in [1.82, 2.24) is 0 Å². The van der Waals surface area contributed by atoms with Crippen LogP contribution in [0.25, 0.3) is 0 Å². The number of hydrogen-bond donors (Lipinski definition) is 1. The summed E-state index contributed by atoms with van der Waals surface area (Å²) in [6.07, 6.45) is 1.44. The molecule has 0 aromatic heterocycles. The molecule has 0 amide bonds. The van der Waals surface area contributed by atoms with Gasteiger partial charge in [-0.3, -0.25) is 4.79 Å². The van der Waals surface area contributed by atoms with Gasteiger partial charge in [0.2, 0.25) is 0 Å². The smallest absolute Gasteiger partial charge is 0.182 e. The molecule has 0 bridgehead atoms. The number of ether oxygens (including phenoxy) is 1. The Balaban J connectivity index is 2.07. The van der Waals surface area contributed by atoms with E-state index in [1.54, 1.807) is 12.1 Å². The Hall–Kier alpha value is -1.19. The molecule has 1 aliphatic rings. The molecule has 0 spiro atoms. The summed E-state index contributed by atoms with van der Waals surface area (Å²) in [5.74, 6) is -0.0212. The fraction of sp³-hybridized carbons (Fsp3) is 0.417. The second-order valence-electron chi connectivity index (χ2n) is 3.72. The standard InChI is InChI=1S/C12H14NO2/c13-11(9-5-2-1-3-6-9)12(14)10-7-4-8-15-10/h1-2,5-6,10-11H,4,7-8,13H2. The summed E-state index contributed by atoms with van der Waals surface area (Å²) < 4.78 is 5.32. The molecule has 3 nitrogen and oxygen atoms in total. The molecule has 3 heteroatoms. The van der Waals surface area contributed by atoms with Crippen LogP contribution in [0.4, 0.5) is 0 Å². The quantitative estimate of drug-likeness (QED) is 0.805. The summed E-state index contributed by atoms with van der Waals surface area (Å²) in [5.41, 5.74) is 6.67. The Morgan fingerprint density at radius 1 is 1.67 bits per heavy atom. The van der Waals surface area contributed by atoms with Crippen LogP contribution >= 0.6 is 0 Å². The van der Waals surface area contributed by atoms with Crippen molar-refractivity contribution in [2.75, 3.05) is 6.61 Å². The molecule has 2 rings (SSSR count). The third-order valence-corrected chi connectivity index (χ3v) is 2.64. The number of rotatable bonds is 3. The Labute approximate surface area is 89.2 Å². The third kappa shape index (κ3) is 2.25. The van der Waals surface area contributed by atoms with Crippen LogP contribution in [0.2, 0.25) is 0 Å². The van der Waals surface area contributed by atoms with E-state index < -0.39 is 6.04 Å². The lowest BCUT2D eigenvalue weighted by molar-refractivity contribution is -0.129.